The molecule has 1 saturated heterocycles. The lowest BCUT2D eigenvalue weighted by Crippen LogP contribution is -2.42. The number of nitrogens with one attached hydrogen (secondary N) is 1. The number of nitrogens with two attached hydrogens (primary N) is 2. The van der Waals surface area contributed by atoms with Crippen LogP contribution in [0.3, 0.4) is 0 Å². The van der Waals surface area contributed by atoms with E-state index in [2.05, 4.69) is 30.2 Å². The first kappa shape index (κ1) is 24.6. The maximum Gasteiger partial charge on any atom is 0.231 e. The lowest BCUT2D eigenvalue weighted by molar-refractivity contribution is -0.133. The highest BCUT2D eigenvalue weighted by molar-refractivity contribution is 7.77. The fourth-order valence-corrected chi connectivity index (χ4v) is 3.89. The number of carbonyl (C=O) groups excluding carboxylic acids is 1. The van der Waals surface area contributed by atoms with Gasteiger partial charge >= 0.3 is 0 Å². The molecule has 1 atom stereocenters. The van der Waals surface area contributed by atoms with Gasteiger partial charge in [0.15, 0.2) is 0 Å². The molecule has 1 fully saturated rings. The Bertz CT molecular complexity index is 822. The second kappa shape index (κ2) is 11.6. The molecule has 1 aliphatic rings. The van der Waals surface area contributed by atoms with Crippen molar-refractivity contribution in [2.24, 2.45) is 11.1 Å². The zero-order valence-corrected chi connectivity index (χ0v) is 19.2. The molecule has 164 valence electrons. The molecule has 0 spiro atoms. The van der Waals surface area contributed by atoms with Crippen molar-refractivity contribution in [3.8, 4) is 0 Å². The SMILES string of the molecule is CC1CCN(C(=O)C(CNc2ccc(F)cc2)c2cc(Cl)c(N)c(Cl)c2)CC1.NS. The normalized spacial score (nSPS) is 15.2. The number of carbonyl (C=O) groups is 1. The largest absolute Gasteiger partial charge is 0.396 e. The van der Waals surface area contributed by atoms with Gasteiger partial charge in [0.05, 0.1) is 21.7 Å². The summed E-state index contributed by atoms with van der Waals surface area (Å²) in [6.45, 7) is 4.02. The van der Waals surface area contributed by atoms with Crippen molar-refractivity contribution >= 4 is 53.3 Å². The highest BCUT2D eigenvalue weighted by Crippen LogP contribution is 2.33. The molecule has 0 saturated carbocycles. The third-order valence-electron chi connectivity index (χ3n) is 5.25. The number of rotatable bonds is 5. The number of thiol groups is 1. The maximum atomic E-state index is 13.3. The number of nitrogens with zero attached hydrogens (tertiary/aromatic N) is 1. The molecule has 0 bridgehead atoms. The summed E-state index contributed by atoms with van der Waals surface area (Å²) in [5.41, 5.74) is 7.60. The average Bonchev–Trinajstić information content (AvgIpc) is 2.75. The first-order valence-corrected chi connectivity index (χ1v) is 10.9. The molecule has 0 aromatic heterocycles. The van der Waals surface area contributed by atoms with Crippen molar-refractivity contribution < 1.29 is 9.18 Å². The van der Waals surface area contributed by atoms with Crippen molar-refractivity contribution in [1.82, 2.24) is 4.90 Å². The summed E-state index contributed by atoms with van der Waals surface area (Å²) < 4.78 is 13.2. The Morgan fingerprint density at radius 1 is 1.20 bits per heavy atom. The molecule has 2 aromatic rings. The van der Waals surface area contributed by atoms with Crippen LogP contribution >= 0.6 is 36.0 Å². The summed E-state index contributed by atoms with van der Waals surface area (Å²) >= 11 is 15.4. The molecular formula is C21H27Cl2FN4OS. The Morgan fingerprint density at radius 3 is 2.27 bits per heavy atom. The van der Waals surface area contributed by atoms with Crippen LogP contribution in [0.25, 0.3) is 0 Å². The summed E-state index contributed by atoms with van der Waals surface area (Å²) in [5, 5.41) is 8.07. The number of anilines is 2. The van der Waals surface area contributed by atoms with Crippen LogP contribution in [0, 0.1) is 11.7 Å². The fraction of sp³-hybridized carbons (Fsp3) is 0.381. The third kappa shape index (κ3) is 6.41. The van der Waals surface area contributed by atoms with Crippen molar-refractivity contribution in [3.63, 3.8) is 0 Å². The lowest BCUT2D eigenvalue weighted by Gasteiger charge is -2.33. The molecule has 3 rings (SSSR count). The van der Waals surface area contributed by atoms with Crippen molar-refractivity contribution in [2.45, 2.75) is 25.7 Å². The van der Waals surface area contributed by atoms with E-state index in [9.17, 15) is 9.18 Å². The van der Waals surface area contributed by atoms with Crippen LogP contribution in [0.5, 0.6) is 0 Å². The van der Waals surface area contributed by atoms with E-state index in [0.717, 1.165) is 31.6 Å². The second-order valence-electron chi connectivity index (χ2n) is 7.35. The molecule has 1 amide bonds. The van der Waals surface area contributed by atoms with Crippen LogP contribution in [0.2, 0.25) is 10.0 Å². The maximum absolute atomic E-state index is 13.3. The number of piperidine rings is 1. The lowest BCUT2D eigenvalue weighted by atomic mass is 9.93. The van der Waals surface area contributed by atoms with Gasteiger partial charge in [-0.25, -0.2) is 4.39 Å². The minimum Gasteiger partial charge on any atom is -0.396 e. The van der Waals surface area contributed by atoms with Crippen LogP contribution in [-0.2, 0) is 4.79 Å². The molecular weight excluding hydrogens is 446 g/mol. The number of likely N-dealkylation sites (tertiary alicyclic amines) is 1. The first-order valence-electron chi connectivity index (χ1n) is 9.63. The highest BCUT2D eigenvalue weighted by atomic mass is 35.5. The fourth-order valence-electron chi connectivity index (χ4n) is 3.39. The van der Waals surface area contributed by atoms with Gasteiger partial charge in [-0.2, -0.15) is 0 Å². The zero-order chi connectivity index (χ0) is 22.3. The van der Waals surface area contributed by atoms with Crippen LogP contribution in [0.15, 0.2) is 36.4 Å². The second-order valence-corrected chi connectivity index (χ2v) is 8.16. The molecule has 9 heteroatoms. The van der Waals surface area contributed by atoms with Gasteiger partial charge in [0.25, 0.3) is 0 Å². The number of hydrogen-bond donors (Lipinski definition) is 4. The third-order valence-corrected chi connectivity index (χ3v) is 5.88. The standard InChI is InChI=1S/C21H24Cl2FN3O.H3NS/c1-13-6-8-27(9-7-13)21(28)17(12-26-16-4-2-15(24)3-5-16)14-10-18(22)20(25)19(23)11-14;1-2/h2-5,10-11,13,17,26H,6-9,12,25H2,1H3;2H,1H2. The van der Waals surface area contributed by atoms with Gasteiger partial charge in [-0.3, -0.25) is 9.93 Å². The van der Waals surface area contributed by atoms with Gasteiger partial charge in [0, 0.05) is 25.3 Å². The Morgan fingerprint density at radius 2 is 1.73 bits per heavy atom. The van der Waals surface area contributed by atoms with E-state index in [1.54, 1.807) is 24.3 Å². The summed E-state index contributed by atoms with van der Waals surface area (Å²) in [6, 6.07) is 9.43. The molecule has 0 radical (unpaired) electrons. The highest BCUT2D eigenvalue weighted by Gasteiger charge is 2.29. The van der Waals surface area contributed by atoms with Crippen molar-refractivity contribution in [2.75, 3.05) is 30.7 Å². The van der Waals surface area contributed by atoms with E-state index >= 15 is 0 Å². The summed E-state index contributed by atoms with van der Waals surface area (Å²) in [6.07, 6.45) is 1.99. The number of nitrogen functional groups attached to an aromatic ring is 1. The molecule has 30 heavy (non-hydrogen) atoms. The Labute approximate surface area is 192 Å². The van der Waals surface area contributed by atoms with Gasteiger partial charge in [0.2, 0.25) is 5.91 Å². The summed E-state index contributed by atoms with van der Waals surface area (Å²) in [5.74, 6) is -0.134. The molecule has 1 unspecified atom stereocenters. The van der Waals surface area contributed by atoms with E-state index in [1.807, 2.05) is 4.90 Å². The van der Waals surface area contributed by atoms with Crippen LogP contribution in [-0.4, -0.2) is 30.4 Å². The summed E-state index contributed by atoms with van der Waals surface area (Å²) in [4.78, 5) is 15.2. The minimum atomic E-state index is -0.478. The Kier molecular flexibility index (Phi) is 9.55. The van der Waals surface area contributed by atoms with Gasteiger partial charge in [-0.1, -0.05) is 30.1 Å². The Balaban J connectivity index is 0.00000155. The van der Waals surface area contributed by atoms with E-state index < -0.39 is 5.92 Å². The summed E-state index contributed by atoms with van der Waals surface area (Å²) in [7, 11) is 0. The Hall–Kier alpha value is -1.67. The van der Waals surface area contributed by atoms with Crippen LogP contribution in [0.4, 0.5) is 15.8 Å². The van der Waals surface area contributed by atoms with Crippen molar-refractivity contribution in [3.05, 3.63) is 57.8 Å². The monoisotopic (exact) mass is 472 g/mol. The van der Waals surface area contributed by atoms with Gasteiger partial charge in [0.1, 0.15) is 5.82 Å². The molecule has 5 nitrogen and oxygen atoms in total. The van der Waals surface area contributed by atoms with E-state index in [1.165, 1.54) is 12.1 Å². The quantitative estimate of drug-likeness (QED) is 0.366. The average molecular weight is 473 g/mol. The van der Waals surface area contributed by atoms with Crippen LogP contribution < -0.4 is 16.2 Å². The molecule has 0 aliphatic carbocycles. The number of benzene rings is 2. The van der Waals surface area contributed by atoms with Gasteiger partial charge < -0.3 is 16.0 Å². The number of amides is 1. The van der Waals surface area contributed by atoms with E-state index in [0.29, 0.717) is 33.8 Å². The van der Waals surface area contributed by atoms with Gasteiger partial charge in [-0.05, 0) is 60.7 Å². The molecule has 1 aliphatic heterocycles. The van der Waals surface area contributed by atoms with Gasteiger partial charge in [-0.15, -0.1) is 12.8 Å². The predicted molar refractivity (Wildman–Crippen MR) is 127 cm³/mol. The zero-order valence-electron chi connectivity index (χ0n) is 16.7. The molecule has 2 aromatic carbocycles. The first-order chi connectivity index (χ1) is 14.3. The van der Waals surface area contributed by atoms with E-state index in [4.69, 9.17) is 28.9 Å². The molecule has 1 heterocycles. The van der Waals surface area contributed by atoms with E-state index in [-0.39, 0.29) is 11.7 Å². The van der Waals surface area contributed by atoms with Crippen molar-refractivity contribution in [1.29, 1.82) is 0 Å². The number of halogens is 3. The topological polar surface area (TPSA) is 84.4 Å². The van der Waals surface area contributed by atoms with Crippen LogP contribution in [0.1, 0.15) is 31.2 Å². The number of hydrogen-bond acceptors (Lipinski definition) is 5. The smallest absolute Gasteiger partial charge is 0.231 e. The molecule has 5 N–H and O–H groups in total. The predicted octanol–water partition coefficient (Wildman–Crippen LogP) is 4.96. The minimum absolute atomic E-state index is 0.0263.